The van der Waals surface area contributed by atoms with Gasteiger partial charge in [-0.05, 0) is 20.8 Å². The highest BCUT2D eigenvalue weighted by molar-refractivity contribution is 5.32. The van der Waals surface area contributed by atoms with Crippen LogP contribution in [0, 0.1) is 17.0 Å². The molecule has 2 aromatic rings. The molecule has 0 bridgehead atoms. The van der Waals surface area contributed by atoms with Crippen LogP contribution in [0.25, 0.3) is 0 Å². The number of nitro groups is 1. The van der Waals surface area contributed by atoms with Gasteiger partial charge in [0.15, 0.2) is 5.82 Å². The molecule has 0 radical (unpaired) electrons. The molecule has 10 heteroatoms. The molecule has 108 valence electrons. The van der Waals surface area contributed by atoms with E-state index >= 15 is 0 Å². The first-order valence-electron chi connectivity index (χ1n) is 5.64. The Kier molecular flexibility index (Phi) is 3.24. The average molecular weight is 286 g/mol. The molecule has 2 rings (SSSR count). The molecule has 0 aliphatic carbocycles. The molecule has 20 heavy (non-hydrogen) atoms. The number of aromatic nitrogens is 5. The molecule has 0 amide bonds. The molecule has 0 fully saturated rings. The minimum atomic E-state index is -2.85. The summed E-state index contributed by atoms with van der Waals surface area (Å²) in [6.45, 7) is 1.78. The zero-order valence-corrected chi connectivity index (χ0v) is 11.0. The van der Waals surface area contributed by atoms with Crippen molar-refractivity contribution < 1.29 is 13.7 Å². The van der Waals surface area contributed by atoms with Crippen molar-refractivity contribution in [3.63, 3.8) is 0 Å². The molecular formula is C10H12F2N6O2. The van der Waals surface area contributed by atoms with Gasteiger partial charge in [0, 0.05) is 0 Å². The zero-order valence-electron chi connectivity index (χ0n) is 11.0. The van der Waals surface area contributed by atoms with Gasteiger partial charge in [-0.15, -0.1) is 0 Å². The van der Waals surface area contributed by atoms with Crippen molar-refractivity contribution in [1.29, 1.82) is 0 Å². The van der Waals surface area contributed by atoms with E-state index in [0.717, 1.165) is 6.33 Å². The maximum Gasteiger partial charge on any atom is 0.334 e. The summed E-state index contributed by atoms with van der Waals surface area (Å²) in [7, 11) is 0. The van der Waals surface area contributed by atoms with Crippen molar-refractivity contribution in [3.8, 4) is 0 Å². The lowest BCUT2D eigenvalue weighted by Gasteiger charge is -2.24. The molecule has 2 aromatic heterocycles. The first-order chi connectivity index (χ1) is 9.25. The van der Waals surface area contributed by atoms with Gasteiger partial charge in [-0.2, -0.15) is 23.7 Å². The molecule has 8 nitrogen and oxygen atoms in total. The summed E-state index contributed by atoms with van der Waals surface area (Å²) in [6.07, 6.45) is 2.20. The summed E-state index contributed by atoms with van der Waals surface area (Å²) < 4.78 is 27.4. The minimum Gasteiger partial charge on any atom is -0.258 e. The van der Waals surface area contributed by atoms with Crippen molar-refractivity contribution >= 4 is 5.69 Å². The number of hydrogen-bond donors (Lipinski definition) is 0. The number of nitrogens with zero attached hydrogens (tertiary/aromatic N) is 6. The Morgan fingerprint density at radius 1 is 1.45 bits per heavy atom. The van der Waals surface area contributed by atoms with E-state index in [4.69, 9.17) is 0 Å². The number of hydrogen-bond acceptors (Lipinski definition) is 5. The van der Waals surface area contributed by atoms with Gasteiger partial charge < -0.3 is 0 Å². The minimum absolute atomic E-state index is 0.0371. The van der Waals surface area contributed by atoms with Gasteiger partial charge in [-0.25, -0.2) is 4.98 Å². The molecular weight excluding hydrogens is 274 g/mol. The third-order valence-electron chi connectivity index (χ3n) is 2.95. The molecule has 0 N–H and O–H groups in total. The molecule has 0 spiro atoms. The molecule has 0 saturated heterocycles. The Labute approximate surface area is 112 Å². The maximum atomic E-state index is 12.8. The Hall–Kier alpha value is -2.39. The van der Waals surface area contributed by atoms with Crippen LogP contribution in [0.4, 0.5) is 14.5 Å². The summed E-state index contributed by atoms with van der Waals surface area (Å²) in [5.41, 5.74) is -1.08. The van der Waals surface area contributed by atoms with Crippen molar-refractivity contribution in [3.05, 3.63) is 34.2 Å². The Balaban J connectivity index is 2.52. The molecule has 0 saturated carbocycles. The lowest BCUT2D eigenvalue weighted by molar-refractivity contribution is -0.385. The Bertz CT molecular complexity index is 648. The number of halogens is 2. The zero-order chi connectivity index (χ0) is 15.1. The standard InChI is InChI=1S/C10H12F2N6O2/c1-6-7(18(19)20)4-16(15-6)10(2,3)8-13-5-14-17(8)9(11)12/h4-5,9H,1-3H3. The topological polar surface area (TPSA) is 91.7 Å². The van der Waals surface area contributed by atoms with E-state index in [1.807, 2.05) is 0 Å². The van der Waals surface area contributed by atoms with Crippen LogP contribution in [0.15, 0.2) is 12.5 Å². The Morgan fingerprint density at radius 2 is 2.10 bits per heavy atom. The molecule has 0 atom stereocenters. The highest BCUT2D eigenvalue weighted by Gasteiger charge is 2.34. The molecule has 2 heterocycles. The summed E-state index contributed by atoms with van der Waals surface area (Å²) >= 11 is 0. The molecule has 0 aliphatic heterocycles. The van der Waals surface area contributed by atoms with Gasteiger partial charge in [-0.1, -0.05) is 0 Å². The quantitative estimate of drug-likeness (QED) is 0.632. The van der Waals surface area contributed by atoms with E-state index in [1.54, 1.807) is 13.8 Å². The van der Waals surface area contributed by atoms with E-state index in [2.05, 4.69) is 15.2 Å². The number of alkyl halides is 2. The maximum absolute atomic E-state index is 12.8. The lowest BCUT2D eigenvalue weighted by Crippen LogP contribution is -2.32. The summed E-state index contributed by atoms with van der Waals surface area (Å²) in [6, 6.07) is 0. The largest absolute Gasteiger partial charge is 0.334 e. The SMILES string of the molecule is Cc1nn(C(C)(C)c2ncnn2C(F)F)cc1[N+](=O)[O-]. The van der Waals surface area contributed by atoms with E-state index in [0.29, 0.717) is 4.68 Å². The molecule has 0 unspecified atom stereocenters. The summed E-state index contributed by atoms with van der Waals surface area (Å²) in [4.78, 5) is 14.1. The van der Waals surface area contributed by atoms with Crippen LogP contribution in [-0.4, -0.2) is 29.5 Å². The van der Waals surface area contributed by atoms with Crippen LogP contribution in [-0.2, 0) is 5.54 Å². The summed E-state index contributed by atoms with van der Waals surface area (Å²) in [5.74, 6) is -0.0371. The third-order valence-corrected chi connectivity index (χ3v) is 2.95. The lowest BCUT2D eigenvalue weighted by atomic mass is 10.1. The van der Waals surface area contributed by atoms with E-state index in [1.165, 1.54) is 17.8 Å². The highest BCUT2D eigenvalue weighted by Crippen LogP contribution is 2.28. The highest BCUT2D eigenvalue weighted by atomic mass is 19.3. The fraction of sp³-hybridized carbons (Fsp3) is 0.500. The van der Waals surface area contributed by atoms with Crippen molar-refractivity contribution in [2.24, 2.45) is 0 Å². The van der Waals surface area contributed by atoms with Gasteiger partial charge in [0.05, 0.1) is 4.92 Å². The van der Waals surface area contributed by atoms with Crippen molar-refractivity contribution in [1.82, 2.24) is 24.5 Å². The van der Waals surface area contributed by atoms with Gasteiger partial charge in [0.2, 0.25) is 0 Å². The van der Waals surface area contributed by atoms with Gasteiger partial charge >= 0.3 is 12.2 Å². The van der Waals surface area contributed by atoms with Crippen LogP contribution in [0.1, 0.15) is 31.9 Å². The normalized spacial score (nSPS) is 12.1. The van der Waals surface area contributed by atoms with E-state index in [9.17, 15) is 18.9 Å². The van der Waals surface area contributed by atoms with Crippen LogP contribution < -0.4 is 0 Å². The van der Waals surface area contributed by atoms with Crippen LogP contribution in [0.5, 0.6) is 0 Å². The van der Waals surface area contributed by atoms with Crippen LogP contribution >= 0.6 is 0 Å². The monoisotopic (exact) mass is 286 g/mol. The number of aryl methyl sites for hydroxylation is 1. The Morgan fingerprint density at radius 3 is 2.60 bits per heavy atom. The first kappa shape index (κ1) is 14.0. The van der Waals surface area contributed by atoms with Crippen molar-refractivity contribution in [2.45, 2.75) is 32.9 Å². The van der Waals surface area contributed by atoms with Crippen LogP contribution in [0.2, 0.25) is 0 Å². The van der Waals surface area contributed by atoms with E-state index in [-0.39, 0.29) is 17.2 Å². The third kappa shape index (κ3) is 2.12. The average Bonchev–Trinajstić information content (AvgIpc) is 2.94. The van der Waals surface area contributed by atoms with Gasteiger partial charge in [0.1, 0.15) is 23.8 Å². The second kappa shape index (κ2) is 4.62. The van der Waals surface area contributed by atoms with Gasteiger partial charge in [-0.3, -0.25) is 14.8 Å². The second-order valence-electron chi connectivity index (χ2n) is 4.67. The fourth-order valence-electron chi connectivity index (χ4n) is 1.85. The van der Waals surface area contributed by atoms with Crippen molar-refractivity contribution in [2.75, 3.05) is 0 Å². The fourth-order valence-corrected chi connectivity index (χ4v) is 1.85. The predicted molar refractivity (Wildman–Crippen MR) is 63.3 cm³/mol. The molecule has 0 aromatic carbocycles. The first-order valence-corrected chi connectivity index (χ1v) is 5.64. The van der Waals surface area contributed by atoms with Crippen LogP contribution in [0.3, 0.4) is 0 Å². The smallest absolute Gasteiger partial charge is 0.258 e. The second-order valence-corrected chi connectivity index (χ2v) is 4.67. The summed E-state index contributed by atoms with van der Waals surface area (Å²) in [5, 5.41) is 18.3. The molecule has 0 aliphatic rings. The number of rotatable bonds is 4. The van der Waals surface area contributed by atoms with Gasteiger partial charge in [0.25, 0.3) is 0 Å². The van der Waals surface area contributed by atoms with E-state index < -0.39 is 17.0 Å². The predicted octanol–water partition coefficient (Wildman–Crippen LogP) is 1.87.